The lowest BCUT2D eigenvalue weighted by Crippen LogP contribution is -2.28. The topological polar surface area (TPSA) is 59.8 Å². The fourth-order valence-corrected chi connectivity index (χ4v) is 3.20. The molecule has 3 aromatic rings. The summed E-state index contributed by atoms with van der Waals surface area (Å²) in [7, 11) is 1.83. The van der Waals surface area contributed by atoms with E-state index in [9.17, 15) is 4.79 Å². The van der Waals surface area contributed by atoms with E-state index in [1.807, 2.05) is 20.0 Å². The summed E-state index contributed by atoms with van der Waals surface area (Å²) in [6, 6.07) is 10.3. The van der Waals surface area contributed by atoms with Crippen molar-refractivity contribution in [1.82, 2.24) is 20.1 Å². The summed E-state index contributed by atoms with van der Waals surface area (Å²) in [5, 5.41) is 8.19. The summed E-state index contributed by atoms with van der Waals surface area (Å²) in [6.45, 7) is 8.34. The average Bonchev–Trinajstić information content (AvgIpc) is 2.99. The van der Waals surface area contributed by atoms with Crippen LogP contribution in [-0.2, 0) is 7.05 Å². The molecular formula is C21H26N4O. The summed E-state index contributed by atoms with van der Waals surface area (Å²) in [4.78, 5) is 17.4. The number of pyridine rings is 1. The Morgan fingerprint density at radius 1 is 1.19 bits per heavy atom. The second-order valence-electron chi connectivity index (χ2n) is 7.07. The fraction of sp³-hybridized carbons (Fsp3) is 0.381. The molecule has 0 aliphatic rings. The summed E-state index contributed by atoms with van der Waals surface area (Å²) >= 11 is 0. The van der Waals surface area contributed by atoms with Gasteiger partial charge >= 0.3 is 0 Å². The van der Waals surface area contributed by atoms with Crippen LogP contribution in [0.15, 0.2) is 36.5 Å². The number of aromatic nitrogens is 3. The zero-order valence-corrected chi connectivity index (χ0v) is 16.1. The number of nitrogens with zero attached hydrogens (tertiary/aromatic N) is 3. The Balaban J connectivity index is 1.88. The standard InChI is InChI=1S/C21H26N4O/c1-6-19(16-9-7-15(8-10-16)13(2)3)24-21(26)17-11-14(4)23-20-18(17)12-22-25(20)5/h7-13,19H,6H2,1-5H3,(H,24,26)/t19-/m0/s1. The van der Waals surface area contributed by atoms with E-state index < -0.39 is 0 Å². The van der Waals surface area contributed by atoms with Gasteiger partial charge in [0, 0.05) is 12.7 Å². The maximum absolute atomic E-state index is 13.0. The smallest absolute Gasteiger partial charge is 0.252 e. The van der Waals surface area contributed by atoms with E-state index >= 15 is 0 Å². The Kier molecular flexibility index (Phi) is 5.07. The molecule has 2 heterocycles. The average molecular weight is 350 g/mol. The maximum atomic E-state index is 13.0. The van der Waals surface area contributed by atoms with Crippen molar-refractivity contribution in [2.75, 3.05) is 0 Å². The number of carbonyl (C=O) groups excluding carboxylic acids is 1. The Hall–Kier alpha value is -2.69. The Morgan fingerprint density at radius 2 is 1.85 bits per heavy atom. The van der Waals surface area contributed by atoms with Crippen molar-refractivity contribution in [3.8, 4) is 0 Å². The lowest BCUT2D eigenvalue weighted by atomic mass is 9.98. The van der Waals surface area contributed by atoms with Gasteiger partial charge in [-0.3, -0.25) is 9.48 Å². The van der Waals surface area contributed by atoms with E-state index in [0.29, 0.717) is 11.5 Å². The molecule has 26 heavy (non-hydrogen) atoms. The van der Waals surface area contributed by atoms with Gasteiger partial charge in [0.05, 0.1) is 23.2 Å². The third-order valence-corrected chi connectivity index (χ3v) is 4.80. The highest BCUT2D eigenvalue weighted by atomic mass is 16.1. The zero-order valence-electron chi connectivity index (χ0n) is 16.1. The maximum Gasteiger partial charge on any atom is 0.252 e. The van der Waals surface area contributed by atoms with Crippen LogP contribution in [-0.4, -0.2) is 20.7 Å². The van der Waals surface area contributed by atoms with Gasteiger partial charge in [-0.25, -0.2) is 4.98 Å². The molecule has 3 rings (SSSR count). The number of hydrogen-bond donors (Lipinski definition) is 1. The van der Waals surface area contributed by atoms with Crippen LogP contribution < -0.4 is 5.32 Å². The predicted octanol–water partition coefficient (Wildman–Crippen LogP) is 4.28. The number of benzene rings is 1. The number of amides is 1. The summed E-state index contributed by atoms with van der Waals surface area (Å²) in [5.41, 5.74) is 4.58. The summed E-state index contributed by atoms with van der Waals surface area (Å²) in [6.07, 6.45) is 2.53. The van der Waals surface area contributed by atoms with Crippen molar-refractivity contribution >= 4 is 16.9 Å². The van der Waals surface area contributed by atoms with Gasteiger partial charge in [0.1, 0.15) is 0 Å². The molecule has 136 valence electrons. The SMILES string of the molecule is CC[C@H](NC(=O)c1cc(C)nc2c1cnn2C)c1ccc(C(C)C)cc1. The molecule has 0 spiro atoms. The van der Waals surface area contributed by atoms with Gasteiger partial charge in [0.2, 0.25) is 0 Å². The van der Waals surface area contributed by atoms with Gasteiger partial charge in [0.25, 0.3) is 5.91 Å². The number of aryl methyl sites for hydroxylation is 2. The van der Waals surface area contributed by atoms with Crippen molar-refractivity contribution in [2.24, 2.45) is 7.05 Å². The highest BCUT2D eigenvalue weighted by molar-refractivity contribution is 6.05. The second kappa shape index (κ2) is 7.28. The predicted molar refractivity (Wildman–Crippen MR) is 104 cm³/mol. The van der Waals surface area contributed by atoms with Crippen LogP contribution in [0.3, 0.4) is 0 Å². The van der Waals surface area contributed by atoms with E-state index in [4.69, 9.17) is 0 Å². The number of fused-ring (bicyclic) bond motifs is 1. The van der Waals surface area contributed by atoms with Gasteiger partial charge in [-0.1, -0.05) is 45.0 Å². The van der Waals surface area contributed by atoms with E-state index in [1.54, 1.807) is 10.9 Å². The van der Waals surface area contributed by atoms with Crippen LogP contribution in [0.25, 0.3) is 11.0 Å². The zero-order chi connectivity index (χ0) is 18.8. The number of hydrogen-bond acceptors (Lipinski definition) is 3. The molecule has 0 bridgehead atoms. The highest BCUT2D eigenvalue weighted by Gasteiger charge is 2.18. The van der Waals surface area contributed by atoms with E-state index in [0.717, 1.165) is 28.7 Å². The Bertz CT molecular complexity index is 925. The van der Waals surface area contributed by atoms with Crippen molar-refractivity contribution in [3.63, 3.8) is 0 Å². The minimum absolute atomic E-state index is 0.0242. The van der Waals surface area contributed by atoms with Crippen molar-refractivity contribution in [1.29, 1.82) is 0 Å². The van der Waals surface area contributed by atoms with Crippen LogP contribution in [0.2, 0.25) is 0 Å². The van der Waals surface area contributed by atoms with Crippen molar-refractivity contribution in [2.45, 2.75) is 46.1 Å². The third kappa shape index (κ3) is 3.47. The monoisotopic (exact) mass is 350 g/mol. The van der Waals surface area contributed by atoms with Gasteiger partial charge < -0.3 is 5.32 Å². The minimum Gasteiger partial charge on any atom is -0.345 e. The first kappa shape index (κ1) is 18.1. The van der Waals surface area contributed by atoms with E-state index in [-0.39, 0.29) is 11.9 Å². The summed E-state index contributed by atoms with van der Waals surface area (Å²) in [5.74, 6) is 0.408. The number of nitrogens with one attached hydrogen (secondary N) is 1. The molecular weight excluding hydrogens is 324 g/mol. The third-order valence-electron chi connectivity index (χ3n) is 4.80. The molecule has 0 fully saturated rings. The molecule has 0 aliphatic heterocycles. The quantitative estimate of drug-likeness (QED) is 0.747. The lowest BCUT2D eigenvalue weighted by Gasteiger charge is -2.19. The first-order valence-corrected chi connectivity index (χ1v) is 9.10. The second-order valence-corrected chi connectivity index (χ2v) is 7.07. The van der Waals surface area contributed by atoms with Crippen molar-refractivity contribution in [3.05, 3.63) is 58.9 Å². The molecule has 0 aliphatic carbocycles. The minimum atomic E-state index is -0.0895. The number of carbonyl (C=O) groups is 1. The largest absolute Gasteiger partial charge is 0.345 e. The molecule has 0 saturated carbocycles. The lowest BCUT2D eigenvalue weighted by molar-refractivity contribution is 0.0937. The first-order chi connectivity index (χ1) is 12.4. The van der Waals surface area contributed by atoms with Gasteiger partial charge in [-0.15, -0.1) is 0 Å². The van der Waals surface area contributed by atoms with E-state index in [2.05, 4.69) is 60.4 Å². The molecule has 2 aromatic heterocycles. The summed E-state index contributed by atoms with van der Waals surface area (Å²) < 4.78 is 1.70. The molecule has 0 radical (unpaired) electrons. The van der Waals surface area contributed by atoms with Gasteiger partial charge in [-0.05, 0) is 36.5 Å². The van der Waals surface area contributed by atoms with Crippen LogP contribution in [0.1, 0.15) is 66.3 Å². The molecule has 5 heteroatoms. The van der Waals surface area contributed by atoms with Crippen molar-refractivity contribution < 1.29 is 4.79 Å². The molecule has 1 amide bonds. The van der Waals surface area contributed by atoms with Crippen LogP contribution in [0, 0.1) is 6.92 Å². The normalized spacial score (nSPS) is 12.5. The Morgan fingerprint density at radius 3 is 2.46 bits per heavy atom. The first-order valence-electron chi connectivity index (χ1n) is 9.10. The molecule has 0 saturated heterocycles. The molecule has 1 atom stereocenters. The highest BCUT2D eigenvalue weighted by Crippen LogP contribution is 2.23. The molecule has 1 N–H and O–H groups in total. The Labute approximate surface area is 154 Å². The van der Waals surface area contributed by atoms with Gasteiger partial charge in [0.15, 0.2) is 5.65 Å². The van der Waals surface area contributed by atoms with Crippen LogP contribution in [0.4, 0.5) is 0 Å². The van der Waals surface area contributed by atoms with E-state index in [1.165, 1.54) is 5.56 Å². The molecule has 5 nitrogen and oxygen atoms in total. The number of rotatable bonds is 5. The fourth-order valence-electron chi connectivity index (χ4n) is 3.20. The molecule has 1 aromatic carbocycles. The van der Waals surface area contributed by atoms with Crippen LogP contribution in [0.5, 0.6) is 0 Å². The molecule has 0 unspecified atom stereocenters. The van der Waals surface area contributed by atoms with Crippen LogP contribution >= 0.6 is 0 Å². The van der Waals surface area contributed by atoms with Gasteiger partial charge in [-0.2, -0.15) is 5.10 Å².